The number of nitrogens with one attached hydrogen (secondary N) is 1. The first-order valence-corrected chi connectivity index (χ1v) is 8.21. The van der Waals surface area contributed by atoms with Gasteiger partial charge in [0.05, 0.1) is 11.1 Å². The molecule has 0 aliphatic rings. The van der Waals surface area contributed by atoms with E-state index in [0.29, 0.717) is 29.0 Å². The molecule has 0 bridgehead atoms. The molecule has 5 nitrogen and oxygen atoms in total. The summed E-state index contributed by atoms with van der Waals surface area (Å²) in [6.45, 7) is 3.79. The van der Waals surface area contributed by atoms with E-state index in [9.17, 15) is 4.79 Å². The number of nitrogens with zero attached hydrogens (tertiary/aromatic N) is 3. The van der Waals surface area contributed by atoms with Crippen LogP contribution >= 0.6 is 0 Å². The number of fused-ring (bicyclic) bond motifs is 1. The van der Waals surface area contributed by atoms with Gasteiger partial charge in [0, 0.05) is 23.9 Å². The summed E-state index contributed by atoms with van der Waals surface area (Å²) in [5.41, 5.74) is 4.19. The number of benzene rings is 1. The first-order valence-electron chi connectivity index (χ1n) is 8.21. The van der Waals surface area contributed by atoms with Crippen molar-refractivity contribution in [2.75, 3.05) is 0 Å². The highest BCUT2D eigenvalue weighted by Crippen LogP contribution is 2.19. The van der Waals surface area contributed by atoms with Crippen LogP contribution in [0.15, 0.2) is 59.5 Å². The Bertz CT molecular complexity index is 1100. The SMILES string of the molecule is Cc1[nH]c2c(c(C)nn2-c2ccccn2)c(=O)c1Cc1ccccc1. The minimum atomic E-state index is 0.0368. The van der Waals surface area contributed by atoms with E-state index in [1.807, 2.05) is 62.4 Å². The summed E-state index contributed by atoms with van der Waals surface area (Å²) in [5, 5.41) is 5.16. The molecule has 4 rings (SSSR count). The summed E-state index contributed by atoms with van der Waals surface area (Å²) < 4.78 is 1.70. The van der Waals surface area contributed by atoms with Crippen LogP contribution in [0.25, 0.3) is 16.9 Å². The number of aryl methyl sites for hydroxylation is 2. The molecule has 3 aromatic heterocycles. The molecule has 0 saturated carbocycles. The van der Waals surface area contributed by atoms with E-state index in [1.54, 1.807) is 10.9 Å². The highest BCUT2D eigenvalue weighted by Gasteiger charge is 2.18. The zero-order valence-electron chi connectivity index (χ0n) is 14.2. The predicted molar refractivity (Wildman–Crippen MR) is 98.2 cm³/mol. The Morgan fingerprint density at radius 2 is 1.80 bits per heavy atom. The maximum atomic E-state index is 13.1. The van der Waals surface area contributed by atoms with Crippen molar-refractivity contribution >= 4 is 11.0 Å². The molecule has 0 unspecified atom stereocenters. The van der Waals surface area contributed by atoms with Crippen molar-refractivity contribution in [3.63, 3.8) is 0 Å². The van der Waals surface area contributed by atoms with Gasteiger partial charge in [-0.25, -0.2) is 4.98 Å². The second-order valence-corrected chi connectivity index (χ2v) is 6.13. The Hall–Kier alpha value is -3.21. The second kappa shape index (κ2) is 6.02. The van der Waals surface area contributed by atoms with Gasteiger partial charge in [0.15, 0.2) is 11.2 Å². The number of rotatable bonds is 3. The number of hydrogen-bond donors (Lipinski definition) is 1. The lowest BCUT2D eigenvalue weighted by Gasteiger charge is -2.08. The number of pyridine rings is 2. The smallest absolute Gasteiger partial charge is 0.196 e. The van der Waals surface area contributed by atoms with Gasteiger partial charge >= 0.3 is 0 Å². The minimum Gasteiger partial charge on any atom is -0.343 e. The molecule has 0 aliphatic heterocycles. The summed E-state index contributed by atoms with van der Waals surface area (Å²) >= 11 is 0. The van der Waals surface area contributed by atoms with Crippen molar-refractivity contribution in [2.24, 2.45) is 0 Å². The van der Waals surface area contributed by atoms with E-state index < -0.39 is 0 Å². The van der Waals surface area contributed by atoms with Gasteiger partial charge in [-0.2, -0.15) is 9.78 Å². The number of aromatic amines is 1. The molecule has 0 radical (unpaired) electrons. The van der Waals surface area contributed by atoms with Crippen LogP contribution < -0.4 is 5.43 Å². The Balaban J connectivity index is 1.92. The lowest BCUT2D eigenvalue weighted by molar-refractivity contribution is 0.844. The van der Waals surface area contributed by atoms with E-state index in [4.69, 9.17) is 0 Å². The third kappa shape index (κ3) is 2.63. The van der Waals surface area contributed by atoms with Gasteiger partial charge in [0.1, 0.15) is 5.65 Å². The van der Waals surface area contributed by atoms with Crippen LogP contribution in [-0.2, 0) is 6.42 Å². The lowest BCUT2D eigenvalue weighted by atomic mass is 10.0. The molecule has 0 amide bonds. The Labute approximate surface area is 145 Å². The zero-order chi connectivity index (χ0) is 17.4. The minimum absolute atomic E-state index is 0.0368. The molecule has 5 heteroatoms. The van der Waals surface area contributed by atoms with Crippen LogP contribution in [0.1, 0.15) is 22.5 Å². The molecule has 0 fully saturated rings. The zero-order valence-corrected chi connectivity index (χ0v) is 14.2. The van der Waals surface area contributed by atoms with Crippen molar-refractivity contribution in [1.29, 1.82) is 0 Å². The van der Waals surface area contributed by atoms with Gasteiger partial charge in [-0.05, 0) is 31.5 Å². The van der Waals surface area contributed by atoms with E-state index >= 15 is 0 Å². The topological polar surface area (TPSA) is 63.6 Å². The van der Waals surface area contributed by atoms with Gasteiger partial charge in [0.25, 0.3) is 0 Å². The van der Waals surface area contributed by atoms with Crippen molar-refractivity contribution in [3.8, 4) is 5.82 Å². The number of H-pyrrole nitrogens is 1. The van der Waals surface area contributed by atoms with Crippen LogP contribution in [0.4, 0.5) is 0 Å². The van der Waals surface area contributed by atoms with Gasteiger partial charge in [0.2, 0.25) is 0 Å². The number of hydrogen-bond acceptors (Lipinski definition) is 3. The summed E-state index contributed by atoms with van der Waals surface area (Å²) in [4.78, 5) is 20.8. The Morgan fingerprint density at radius 3 is 2.52 bits per heavy atom. The normalized spacial score (nSPS) is 11.1. The largest absolute Gasteiger partial charge is 0.343 e. The second-order valence-electron chi connectivity index (χ2n) is 6.13. The molecular formula is C20H18N4O. The summed E-state index contributed by atoms with van der Waals surface area (Å²) in [6, 6.07) is 15.7. The van der Waals surface area contributed by atoms with Gasteiger partial charge in [-0.15, -0.1) is 0 Å². The molecule has 124 valence electrons. The number of aromatic nitrogens is 4. The fourth-order valence-electron chi connectivity index (χ4n) is 3.15. The van der Waals surface area contributed by atoms with E-state index in [1.165, 1.54) is 0 Å². The molecule has 0 saturated heterocycles. The maximum Gasteiger partial charge on any atom is 0.196 e. The predicted octanol–water partition coefficient (Wildman–Crippen LogP) is 3.32. The standard InChI is InChI=1S/C20H18N4O/c1-13-16(12-15-8-4-3-5-9-15)19(25)18-14(2)23-24(20(18)22-13)17-10-6-7-11-21-17/h3-11H,12H2,1-2H3,(H,22,25). The fourth-order valence-corrected chi connectivity index (χ4v) is 3.15. The first kappa shape index (κ1) is 15.3. The van der Waals surface area contributed by atoms with E-state index in [2.05, 4.69) is 15.1 Å². The molecule has 3 heterocycles. The molecular weight excluding hydrogens is 312 g/mol. The van der Waals surface area contributed by atoms with E-state index in [-0.39, 0.29) is 5.43 Å². The van der Waals surface area contributed by atoms with Crippen molar-refractivity contribution in [2.45, 2.75) is 20.3 Å². The maximum absolute atomic E-state index is 13.1. The van der Waals surface area contributed by atoms with Gasteiger partial charge < -0.3 is 4.98 Å². The molecule has 25 heavy (non-hydrogen) atoms. The highest BCUT2D eigenvalue weighted by molar-refractivity contribution is 5.80. The van der Waals surface area contributed by atoms with Crippen LogP contribution in [0.5, 0.6) is 0 Å². The lowest BCUT2D eigenvalue weighted by Crippen LogP contribution is -2.14. The Kier molecular flexibility index (Phi) is 3.69. The molecule has 0 atom stereocenters. The summed E-state index contributed by atoms with van der Waals surface area (Å²) in [5.74, 6) is 0.687. The average molecular weight is 330 g/mol. The van der Waals surface area contributed by atoms with Crippen molar-refractivity contribution < 1.29 is 0 Å². The van der Waals surface area contributed by atoms with Gasteiger partial charge in [-0.1, -0.05) is 36.4 Å². The van der Waals surface area contributed by atoms with Crippen LogP contribution in [-0.4, -0.2) is 19.7 Å². The third-order valence-corrected chi connectivity index (χ3v) is 4.41. The highest BCUT2D eigenvalue weighted by atomic mass is 16.1. The van der Waals surface area contributed by atoms with Crippen molar-refractivity contribution in [3.05, 3.63) is 87.5 Å². The summed E-state index contributed by atoms with van der Waals surface area (Å²) in [6.07, 6.45) is 2.32. The fraction of sp³-hybridized carbons (Fsp3) is 0.150. The van der Waals surface area contributed by atoms with Crippen LogP contribution in [0.3, 0.4) is 0 Å². The Morgan fingerprint density at radius 1 is 1.04 bits per heavy atom. The van der Waals surface area contributed by atoms with E-state index in [0.717, 1.165) is 16.8 Å². The molecule has 1 aromatic carbocycles. The van der Waals surface area contributed by atoms with Gasteiger partial charge in [-0.3, -0.25) is 4.79 Å². The molecule has 1 N–H and O–H groups in total. The third-order valence-electron chi connectivity index (χ3n) is 4.41. The quantitative estimate of drug-likeness (QED) is 0.627. The molecule has 0 aliphatic carbocycles. The summed E-state index contributed by atoms with van der Waals surface area (Å²) in [7, 11) is 0. The van der Waals surface area contributed by atoms with Crippen molar-refractivity contribution in [1.82, 2.24) is 19.7 Å². The molecule has 4 aromatic rings. The monoisotopic (exact) mass is 330 g/mol. The van der Waals surface area contributed by atoms with Crippen LogP contribution in [0.2, 0.25) is 0 Å². The molecule has 0 spiro atoms. The first-order chi connectivity index (χ1) is 12.1. The van der Waals surface area contributed by atoms with Crippen LogP contribution in [0, 0.1) is 13.8 Å². The average Bonchev–Trinajstić information content (AvgIpc) is 2.96.